The van der Waals surface area contributed by atoms with Crippen LogP contribution in [0.3, 0.4) is 0 Å². The lowest BCUT2D eigenvalue weighted by Gasteiger charge is -2.26. The minimum Gasteiger partial charge on any atom is -0.484 e. The Morgan fingerprint density at radius 1 is 1.04 bits per heavy atom. The molecule has 28 heavy (non-hydrogen) atoms. The molecule has 0 unspecified atom stereocenters. The quantitative estimate of drug-likeness (QED) is 0.671. The van der Waals surface area contributed by atoms with Gasteiger partial charge in [-0.15, -0.1) is 0 Å². The van der Waals surface area contributed by atoms with Crippen molar-refractivity contribution in [1.29, 1.82) is 0 Å². The van der Waals surface area contributed by atoms with E-state index in [0.29, 0.717) is 5.75 Å². The molecular formula is C21H28N2O5. The molecule has 0 aromatic heterocycles. The van der Waals surface area contributed by atoms with E-state index < -0.39 is 29.6 Å². The van der Waals surface area contributed by atoms with Gasteiger partial charge in [0.2, 0.25) is 5.91 Å². The monoisotopic (exact) mass is 388 g/mol. The van der Waals surface area contributed by atoms with E-state index in [1.165, 1.54) is 0 Å². The van der Waals surface area contributed by atoms with Crippen LogP contribution in [-0.2, 0) is 19.8 Å². The van der Waals surface area contributed by atoms with Gasteiger partial charge >= 0.3 is 5.97 Å². The molecule has 1 aromatic rings. The Morgan fingerprint density at radius 2 is 1.64 bits per heavy atom. The first-order valence-electron chi connectivity index (χ1n) is 9.71. The predicted molar refractivity (Wildman–Crippen MR) is 102 cm³/mol. The van der Waals surface area contributed by atoms with Crippen molar-refractivity contribution in [2.24, 2.45) is 23.7 Å². The Hall–Kier alpha value is -2.57. The fourth-order valence-electron chi connectivity index (χ4n) is 4.47. The molecule has 2 bridgehead atoms. The molecular weight excluding hydrogens is 360 g/mol. The van der Waals surface area contributed by atoms with Crippen molar-refractivity contribution < 1.29 is 24.2 Å². The van der Waals surface area contributed by atoms with Crippen LogP contribution in [-0.4, -0.2) is 29.5 Å². The van der Waals surface area contributed by atoms with Gasteiger partial charge in [-0.05, 0) is 54.2 Å². The van der Waals surface area contributed by atoms with Crippen molar-refractivity contribution in [1.82, 2.24) is 10.9 Å². The van der Waals surface area contributed by atoms with Crippen molar-refractivity contribution in [2.75, 3.05) is 6.61 Å². The van der Waals surface area contributed by atoms with Crippen molar-refractivity contribution in [2.45, 2.75) is 45.4 Å². The lowest BCUT2D eigenvalue weighted by atomic mass is 9.79. The molecule has 2 saturated carbocycles. The molecule has 0 saturated heterocycles. The molecule has 2 amide bonds. The number of amides is 2. The molecule has 2 fully saturated rings. The summed E-state index contributed by atoms with van der Waals surface area (Å²) in [6.07, 6.45) is 2.50. The second-order valence-electron chi connectivity index (χ2n) is 8.82. The number of hydrazine groups is 1. The van der Waals surface area contributed by atoms with E-state index in [9.17, 15) is 19.5 Å². The SMILES string of the molecule is CC(C)(C)c1ccc(OCC(=O)NNC(=O)[C@@H]2[C@@H]3CC[C@@H](C3)[C@@H]2C(=O)O)cc1. The van der Waals surface area contributed by atoms with Crippen LogP contribution in [0.2, 0.25) is 0 Å². The van der Waals surface area contributed by atoms with Gasteiger partial charge in [0.25, 0.3) is 5.91 Å². The number of nitrogens with one attached hydrogen (secondary N) is 2. The summed E-state index contributed by atoms with van der Waals surface area (Å²) in [7, 11) is 0. The number of carboxylic acid groups (broad SMARTS) is 1. The predicted octanol–water partition coefficient (Wildman–Crippen LogP) is 2.26. The zero-order valence-corrected chi connectivity index (χ0v) is 16.5. The summed E-state index contributed by atoms with van der Waals surface area (Å²) in [5.41, 5.74) is 5.90. The highest BCUT2D eigenvalue weighted by Gasteiger charge is 2.54. The normalized spacial score (nSPS) is 26.0. The number of fused-ring (bicyclic) bond motifs is 2. The van der Waals surface area contributed by atoms with Gasteiger partial charge in [-0.25, -0.2) is 0 Å². The number of carbonyl (C=O) groups is 3. The van der Waals surface area contributed by atoms with Gasteiger partial charge in [0.05, 0.1) is 11.8 Å². The Labute approximate surface area is 164 Å². The Balaban J connectivity index is 1.47. The van der Waals surface area contributed by atoms with Crippen molar-refractivity contribution >= 4 is 17.8 Å². The van der Waals surface area contributed by atoms with E-state index in [4.69, 9.17) is 4.74 Å². The second-order valence-corrected chi connectivity index (χ2v) is 8.82. The molecule has 0 heterocycles. The smallest absolute Gasteiger partial charge is 0.307 e. The Morgan fingerprint density at radius 3 is 2.21 bits per heavy atom. The Kier molecular flexibility index (Phi) is 5.63. The van der Waals surface area contributed by atoms with Crippen LogP contribution in [0.4, 0.5) is 0 Å². The van der Waals surface area contributed by atoms with Crippen LogP contribution in [0.1, 0.15) is 45.6 Å². The molecule has 0 spiro atoms. The molecule has 2 aliphatic carbocycles. The number of hydrogen-bond acceptors (Lipinski definition) is 4. The summed E-state index contributed by atoms with van der Waals surface area (Å²) in [6.45, 7) is 6.10. The summed E-state index contributed by atoms with van der Waals surface area (Å²) in [4.78, 5) is 35.9. The molecule has 1 aromatic carbocycles. The third-order valence-electron chi connectivity index (χ3n) is 5.92. The molecule has 3 N–H and O–H groups in total. The largest absolute Gasteiger partial charge is 0.484 e. The molecule has 0 radical (unpaired) electrons. The summed E-state index contributed by atoms with van der Waals surface area (Å²) in [5.74, 6) is -2.38. The topological polar surface area (TPSA) is 105 Å². The average Bonchev–Trinajstić information content (AvgIpc) is 3.25. The maximum Gasteiger partial charge on any atom is 0.307 e. The van der Waals surface area contributed by atoms with E-state index in [1.807, 2.05) is 12.1 Å². The molecule has 4 atom stereocenters. The van der Waals surface area contributed by atoms with E-state index in [0.717, 1.165) is 24.8 Å². The van der Waals surface area contributed by atoms with E-state index in [-0.39, 0.29) is 23.9 Å². The molecule has 3 rings (SSSR count). The highest BCUT2D eigenvalue weighted by Crippen LogP contribution is 2.52. The number of carbonyl (C=O) groups excluding carboxylic acids is 2. The van der Waals surface area contributed by atoms with Gasteiger partial charge in [-0.2, -0.15) is 0 Å². The van der Waals surface area contributed by atoms with Gasteiger partial charge in [0.15, 0.2) is 6.61 Å². The minimum atomic E-state index is -0.930. The van der Waals surface area contributed by atoms with Crippen LogP contribution < -0.4 is 15.6 Å². The number of carboxylic acids is 1. The lowest BCUT2D eigenvalue weighted by Crippen LogP contribution is -2.49. The van der Waals surface area contributed by atoms with Crippen LogP contribution in [0, 0.1) is 23.7 Å². The second kappa shape index (κ2) is 7.81. The molecule has 7 nitrogen and oxygen atoms in total. The van der Waals surface area contributed by atoms with E-state index in [1.54, 1.807) is 12.1 Å². The highest BCUT2D eigenvalue weighted by atomic mass is 16.5. The zero-order valence-electron chi connectivity index (χ0n) is 16.5. The summed E-state index contributed by atoms with van der Waals surface area (Å²) in [6, 6.07) is 7.52. The van der Waals surface area contributed by atoms with Crippen LogP contribution in [0.5, 0.6) is 5.75 Å². The maximum atomic E-state index is 12.4. The molecule has 152 valence electrons. The van der Waals surface area contributed by atoms with Gasteiger partial charge in [-0.1, -0.05) is 32.9 Å². The van der Waals surface area contributed by atoms with E-state index in [2.05, 4.69) is 31.6 Å². The minimum absolute atomic E-state index is 0.0354. The molecule has 0 aliphatic heterocycles. The first-order chi connectivity index (χ1) is 13.2. The van der Waals surface area contributed by atoms with Crippen LogP contribution in [0.25, 0.3) is 0 Å². The lowest BCUT2D eigenvalue weighted by molar-refractivity contribution is -0.150. The van der Waals surface area contributed by atoms with Crippen molar-refractivity contribution in [3.63, 3.8) is 0 Å². The van der Waals surface area contributed by atoms with Gasteiger partial charge in [-0.3, -0.25) is 25.2 Å². The number of benzene rings is 1. The van der Waals surface area contributed by atoms with Crippen molar-refractivity contribution in [3.8, 4) is 5.75 Å². The first kappa shape index (κ1) is 20.2. The fraction of sp³-hybridized carbons (Fsp3) is 0.571. The Bertz CT molecular complexity index is 753. The standard InChI is InChI=1S/C21H28N2O5/c1-21(2,3)14-6-8-15(9-7-14)28-11-16(24)22-23-19(25)17-12-4-5-13(10-12)18(17)20(26)27/h6-9,12-13,17-18H,4-5,10-11H2,1-3H3,(H,22,24)(H,23,25)(H,26,27)/t12-,13+,17-,18+/m1/s1. The van der Waals surface area contributed by atoms with Gasteiger partial charge < -0.3 is 9.84 Å². The van der Waals surface area contributed by atoms with Crippen LogP contribution >= 0.6 is 0 Å². The van der Waals surface area contributed by atoms with Gasteiger partial charge in [0, 0.05) is 0 Å². The number of aliphatic carboxylic acids is 1. The number of rotatable bonds is 5. The summed E-state index contributed by atoms with van der Waals surface area (Å²) >= 11 is 0. The molecule has 7 heteroatoms. The summed E-state index contributed by atoms with van der Waals surface area (Å²) in [5, 5.41) is 9.42. The average molecular weight is 388 g/mol. The van der Waals surface area contributed by atoms with E-state index >= 15 is 0 Å². The first-order valence-corrected chi connectivity index (χ1v) is 9.71. The zero-order chi connectivity index (χ0) is 20.5. The highest BCUT2D eigenvalue weighted by molar-refractivity contribution is 5.88. The summed E-state index contributed by atoms with van der Waals surface area (Å²) < 4.78 is 5.44. The third-order valence-corrected chi connectivity index (χ3v) is 5.92. The van der Waals surface area contributed by atoms with Gasteiger partial charge in [0.1, 0.15) is 5.75 Å². The van der Waals surface area contributed by atoms with Crippen molar-refractivity contribution in [3.05, 3.63) is 29.8 Å². The fourth-order valence-corrected chi connectivity index (χ4v) is 4.47. The number of hydrogen-bond donors (Lipinski definition) is 3. The third kappa shape index (κ3) is 4.29. The maximum absolute atomic E-state index is 12.4. The number of ether oxygens (including phenoxy) is 1. The molecule has 2 aliphatic rings. The van der Waals surface area contributed by atoms with Crippen LogP contribution in [0.15, 0.2) is 24.3 Å².